The van der Waals surface area contributed by atoms with Crippen LogP contribution < -0.4 is 16.4 Å². The summed E-state index contributed by atoms with van der Waals surface area (Å²) in [6.07, 6.45) is -4.63. The fourth-order valence-electron chi connectivity index (χ4n) is 2.83. The number of nitrogens with two attached hydrogens (primary N) is 1. The summed E-state index contributed by atoms with van der Waals surface area (Å²) in [7, 11) is 0. The van der Waals surface area contributed by atoms with E-state index >= 15 is 0 Å². The van der Waals surface area contributed by atoms with Gasteiger partial charge in [0.05, 0.1) is 18.0 Å². The minimum absolute atomic E-state index is 0.0173. The minimum Gasteiger partial charge on any atom is -0.370 e. The lowest BCUT2D eigenvalue weighted by Crippen LogP contribution is -2.56. The van der Waals surface area contributed by atoms with E-state index in [4.69, 9.17) is 5.73 Å². The van der Waals surface area contributed by atoms with Crippen LogP contribution in [0.2, 0.25) is 0 Å². The van der Waals surface area contributed by atoms with Crippen molar-refractivity contribution in [3.63, 3.8) is 0 Å². The standard InChI is InChI=1S/C17H21F3N4O3/c18-17(19,20)12-3-1-2-11(8-12)10-24-7-6-23-16(27)13(24)9-15(26)22-5-4-14(21)25/h1-3,8,13H,4-7,9-10H2,(H2,21,25)(H,22,26)(H,23,27). The Morgan fingerprint density at radius 2 is 2.07 bits per heavy atom. The van der Waals surface area contributed by atoms with E-state index in [9.17, 15) is 27.6 Å². The van der Waals surface area contributed by atoms with Gasteiger partial charge in [0.25, 0.3) is 0 Å². The molecular formula is C17H21F3N4O3. The van der Waals surface area contributed by atoms with E-state index in [0.717, 1.165) is 12.1 Å². The smallest absolute Gasteiger partial charge is 0.370 e. The van der Waals surface area contributed by atoms with E-state index in [2.05, 4.69) is 10.6 Å². The van der Waals surface area contributed by atoms with Crippen molar-refractivity contribution < 1.29 is 27.6 Å². The molecule has 1 heterocycles. The molecule has 1 saturated heterocycles. The van der Waals surface area contributed by atoms with Gasteiger partial charge in [-0.1, -0.05) is 18.2 Å². The number of hydrogen-bond acceptors (Lipinski definition) is 4. The maximum atomic E-state index is 12.9. The van der Waals surface area contributed by atoms with Gasteiger partial charge in [-0.25, -0.2) is 0 Å². The molecule has 1 aromatic carbocycles. The molecule has 0 bridgehead atoms. The molecule has 1 aliphatic rings. The van der Waals surface area contributed by atoms with E-state index in [1.165, 1.54) is 6.07 Å². The zero-order valence-corrected chi connectivity index (χ0v) is 14.5. The molecule has 1 atom stereocenters. The van der Waals surface area contributed by atoms with Gasteiger partial charge >= 0.3 is 6.18 Å². The van der Waals surface area contributed by atoms with Crippen molar-refractivity contribution in [1.29, 1.82) is 0 Å². The third-order valence-corrected chi connectivity index (χ3v) is 4.15. The summed E-state index contributed by atoms with van der Waals surface area (Å²) >= 11 is 0. The van der Waals surface area contributed by atoms with Gasteiger partial charge in [-0.15, -0.1) is 0 Å². The van der Waals surface area contributed by atoms with Gasteiger partial charge < -0.3 is 16.4 Å². The van der Waals surface area contributed by atoms with Crippen molar-refractivity contribution in [1.82, 2.24) is 15.5 Å². The molecule has 10 heteroatoms. The monoisotopic (exact) mass is 386 g/mol. The molecule has 0 saturated carbocycles. The molecule has 148 valence electrons. The van der Waals surface area contributed by atoms with E-state index in [1.54, 1.807) is 11.0 Å². The molecule has 27 heavy (non-hydrogen) atoms. The Balaban J connectivity index is 2.04. The molecule has 1 unspecified atom stereocenters. The predicted molar refractivity (Wildman–Crippen MR) is 90.1 cm³/mol. The number of carbonyl (C=O) groups is 3. The molecular weight excluding hydrogens is 365 g/mol. The topological polar surface area (TPSA) is 105 Å². The predicted octanol–water partition coefficient (Wildman–Crippen LogP) is 0.388. The van der Waals surface area contributed by atoms with Crippen LogP contribution in [0.25, 0.3) is 0 Å². The number of carbonyl (C=O) groups excluding carboxylic acids is 3. The van der Waals surface area contributed by atoms with Gasteiger partial charge in [-0.2, -0.15) is 13.2 Å². The van der Waals surface area contributed by atoms with Crippen LogP contribution in [-0.2, 0) is 27.1 Å². The number of primary amides is 1. The number of amides is 3. The highest BCUT2D eigenvalue weighted by Gasteiger charge is 2.33. The minimum atomic E-state index is -4.45. The molecule has 0 spiro atoms. The van der Waals surface area contributed by atoms with Crippen molar-refractivity contribution in [3.05, 3.63) is 35.4 Å². The Hall–Kier alpha value is -2.62. The number of alkyl halides is 3. The van der Waals surface area contributed by atoms with Gasteiger partial charge in [-0.3, -0.25) is 19.3 Å². The van der Waals surface area contributed by atoms with Crippen molar-refractivity contribution >= 4 is 17.7 Å². The van der Waals surface area contributed by atoms with E-state index in [0.29, 0.717) is 18.7 Å². The van der Waals surface area contributed by atoms with Crippen molar-refractivity contribution in [2.75, 3.05) is 19.6 Å². The van der Waals surface area contributed by atoms with Crippen molar-refractivity contribution in [2.45, 2.75) is 31.6 Å². The highest BCUT2D eigenvalue weighted by molar-refractivity contribution is 5.89. The maximum Gasteiger partial charge on any atom is 0.416 e. The number of rotatable bonds is 7. The molecule has 1 aromatic rings. The molecule has 1 fully saturated rings. The summed E-state index contributed by atoms with van der Waals surface area (Å²) in [5.41, 5.74) is 4.63. The van der Waals surface area contributed by atoms with Crippen LogP contribution in [0.3, 0.4) is 0 Å². The highest BCUT2D eigenvalue weighted by atomic mass is 19.4. The first kappa shape index (κ1) is 20.7. The first-order valence-corrected chi connectivity index (χ1v) is 8.39. The van der Waals surface area contributed by atoms with Crippen LogP contribution in [-0.4, -0.2) is 48.3 Å². The number of halogens is 3. The van der Waals surface area contributed by atoms with E-state index in [-0.39, 0.29) is 31.8 Å². The van der Waals surface area contributed by atoms with Gasteiger partial charge in [0.2, 0.25) is 17.7 Å². The van der Waals surface area contributed by atoms with Gasteiger partial charge in [0, 0.05) is 32.6 Å². The maximum absolute atomic E-state index is 12.9. The third-order valence-electron chi connectivity index (χ3n) is 4.15. The molecule has 4 N–H and O–H groups in total. The number of nitrogens with one attached hydrogen (secondary N) is 2. The SMILES string of the molecule is NC(=O)CCNC(=O)CC1C(=O)NCCN1Cc1cccc(C(F)(F)F)c1. The normalized spacial score (nSPS) is 18.0. The van der Waals surface area contributed by atoms with Crippen LogP contribution in [0, 0.1) is 0 Å². The van der Waals surface area contributed by atoms with Gasteiger partial charge in [0.15, 0.2) is 0 Å². The zero-order chi connectivity index (χ0) is 20.0. The first-order chi connectivity index (χ1) is 12.7. The van der Waals surface area contributed by atoms with Crippen LogP contribution in [0.4, 0.5) is 13.2 Å². The second-order valence-corrected chi connectivity index (χ2v) is 6.25. The summed E-state index contributed by atoms with van der Waals surface area (Å²) in [5, 5.41) is 5.15. The van der Waals surface area contributed by atoms with Crippen LogP contribution in [0.1, 0.15) is 24.0 Å². The van der Waals surface area contributed by atoms with E-state index < -0.39 is 29.6 Å². The number of piperazine rings is 1. The second kappa shape index (κ2) is 8.85. The fourth-order valence-corrected chi connectivity index (χ4v) is 2.83. The lowest BCUT2D eigenvalue weighted by molar-refractivity contribution is -0.137. The van der Waals surface area contributed by atoms with Gasteiger partial charge in [0.1, 0.15) is 0 Å². The van der Waals surface area contributed by atoms with Crippen molar-refractivity contribution in [3.8, 4) is 0 Å². The Morgan fingerprint density at radius 1 is 1.33 bits per heavy atom. The average molecular weight is 386 g/mol. The summed E-state index contributed by atoms with van der Waals surface area (Å²) in [4.78, 5) is 36.5. The molecule has 0 radical (unpaired) electrons. The number of hydrogen-bond donors (Lipinski definition) is 3. The lowest BCUT2D eigenvalue weighted by atomic mass is 10.0. The van der Waals surface area contributed by atoms with Crippen LogP contribution >= 0.6 is 0 Å². The Morgan fingerprint density at radius 3 is 2.74 bits per heavy atom. The molecule has 0 aromatic heterocycles. The van der Waals surface area contributed by atoms with Gasteiger partial charge in [-0.05, 0) is 11.6 Å². The van der Waals surface area contributed by atoms with Crippen LogP contribution in [0.15, 0.2) is 24.3 Å². The second-order valence-electron chi connectivity index (χ2n) is 6.25. The third kappa shape index (κ3) is 6.24. The highest BCUT2D eigenvalue weighted by Crippen LogP contribution is 2.30. The Labute approximate surface area is 154 Å². The Kier molecular flexibility index (Phi) is 6.78. The average Bonchev–Trinajstić information content (AvgIpc) is 2.57. The molecule has 7 nitrogen and oxygen atoms in total. The summed E-state index contributed by atoms with van der Waals surface area (Å²) in [6.45, 7) is 0.922. The fraction of sp³-hybridized carbons (Fsp3) is 0.471. The van der Waals surface area contributed by atoms with Crippen molar-refractivity contribution in [2.24, 2.45) is 5.73 Å². The first-order valence-electron chi connectivity index (χ1n) is 8.39. The lowest BCUT2D eigenvalue weighted by Gasteiger charge is -2.34. The molecule has 1 aliphatic heterocycles. The van der Waals surface area contributed by atoms with Crippen LogP contribution in [0.5, 0.6) is 0 Å². The molecule has 2 rings (SSSR count). The zero-order valence-electron chi connectivity index (χ0n) is 14.5. The number of nitrogens with zero attached hydrogens (tertiary/aromatic N) is 1. The Bertz CT molecular complexity index is 709. The quantitative estimate of drug-likeness (QED) is 0.630. The largest absolute Gasteiger partial charge is 0.416 e. The molecule has 0 aliphatic carbocycles. The summed E-state index contributed by atoms with van der Waals surface area (Å²) < 4.78 is 38.6. The number of benzene rings is 1. The van der Waals surface area contributed by atoms with E-state index in [1.807, 2.05) is 0 Å². The molecule has 3 amide bonds. The summed E-state index contributed by atoms with van der Waals surface area (Å²) in [5.74, 6) is -1.36. The summed E-state index contributed by atoms with van der Waals surface area (Å²) in [6, 6.07) is 4.08.